The van der Waals surface area contributed by atoms with Crippen molar-refractivity contribution in [3.63, 3.8) is 0 Å². The fraction of sp³-hybridized carbons (Fsp3) is 0.308. The summed E-state index contributed by atoms with van der Waals surface area (Å²) in [4.78, 5) is 58.0. The molecule has 7 rings (SSSR count). The van der Waals surface area contributed by atoms with Crippen molar-refractivity contribution >= 4 is 40.2 Å². The molecule has 64 heavy (non-hydrogen) atoms. The maximum absolute atomic E-state index is 13.4. The number of hydrogen-bond acceptors (Lipinski definition) is 8. The fourth-order valence-corrected chi connectivity index (χ4v) is 8.35. The topological polar surface area (TPSA) is 156 Å². The number of aromatic amines is 1. The number of aromatic nitrogens is 1. The number of aromatic hydroxyl groups is 1. The van der Waals surface area contributed by atoms with E-state index >= 15 is 0 Å². The molecule has 3 amide bonds. The molecule has 5 N–H and O–H groups in total. The Morgan fingerprint density at radius 3 is 2.36 bits per heavy atom. The highest BCUT2D eigenvalue weighted by molar-refractivity contribution is 5.98. The Labute approximate surface area is 374 Å². The standard InChI is InChI=1S/C52H58N6O6/c1-34-14-19-40(51(62)54-33-38-17-15-37(16-18-38)30-36(3)53-32-35(2)42-20-22-47(59)50-44(42)21-23-48(60)56-50)31-46(34)57(4)49(61)26-29-58-27-24-41(25-28-58)64-52(63)55-45-13-9-8-12-43(45)39-10-6-5-7-11-39/h5-23,31,35-36,41,53,59H,24-30,32-33H2,1-4H3,(H,54,62)(H,55,63)(H,56,60)/t35-,36?/m0/s1. The molecule has 1 unspecified atom stereocenters. The van der Waals surface area contributed by atoms with Crippen molar-refractivity contribution in [1.29, 1.82) is 0 Å². The summed E-state index contributed by atoms with van der Waals surface area (Å²) in [5.74, 6) is -0.0534. The van der Waals surface area contributed by atoms with Crippen molar-refractivity contribution in [3.05, 3.63) is 159 Å². The zero-order valence-electron chi connectivity index (χ0n) is 37.0. The number of para-hydroxylation sites is 1. The summed E-state index contributed by atoms with van der Waals surface area (Å²) in [5.41, 5.74) is 8.12. The highest BCUT2D eigenvalue weighted by atomic mass is 16.6. The molecule has 12 nitrogen and oxygen atoms in total. The van der Waals surface area contributed by atoms with Crippen LogP contribution in [-0.4, -0.2) is 78.3 Å². The smallest absolute Gasteiger partial charge is 0.411 e. The third-order valence-corrected chi connectivity index (χ3v) is 12.1. The number of amides is 3. The van der Waals surface area contributed by atoms with Crippen LogP contribution in [0, 0.1) is 6.92 Å². The van der Waals surface area contributed by atoms with E-state index in [1.54, 1.807) is 36.2 Å². The molecule has 1 aliphatic heterocycles. The summed E-state index contributed by atoms with van der Waals surface area (Å²) in [5, 5.41) is 20.7. The molecule has 1 aromatic heterocycles. The molecule has 0 aliphatic carbocycles. The van der Waals surface area contributed by atoms with E-state index < -0.39 is 6.09 Å². The molecule has 2 heterocycles. The van der Waals surface area contributed by atoms with Gasteiger partial charge in [-0.15, -0.1) is 0 Å². The summed E-state index contributed by atoms with van der Waals surface area (Å²) in [6.45, 7) is 9.31. The molecule has 0 bridgehead atoms. The van der Waals surface area contributed by atoms with E-state index in [1.807, 2.05) is 85.8 Å². The number of H-pyrrole nitrogens is 1. The third kappa shape index (κ3) is 11.6. The lowest BCUT2D eigenvalue weighted by Gasteiger charge is -2.32. The van der Waals surface area contributed by atoms with Gasteiger partial charge in [-0.1, -0.05) is 91.9 Å². The first kappa shape index (κ1) is 45.3. The summed E-state index contributed by atoms with van der Waals surface area (Å²) < 4.78 is 5.80. The van der Waals surface area contributed by atoms with Crippen LogP contribution < -0.4 is 26.4 Å². The Kier molecular flexibility index (Phi) is 14.9. The molecule has 1 saturated heterocycles. The van der Waals surface area contributed by atoms with Gasteiger partial charge >= 0.3 is 6.09 Å². The molecule has 12 heteroatoms. The number of piperidine rings is 1. The number of benzene rings is 5. The van der Waals surface area contributed by atoms with Crippen molar-refractivity contribution in [2.45, 2.75) is 71.1 Å². The van der Waals surface area contributed by atoms with Gasteiger partial charge in [0.15, 0.2) is 0 Å². The number of hydrogen-bond donors (Lipinski definition) is 5. The minimum Gasteiger partial charge on any atom is -0.506 e. The van der Waals surface area contributed by atoms with Crippen molar-refractivity contribution in [1.82, 2.24) is 20.5 Å². The number of likely N-dealkylation sites (tertiary alicyclic amines) is 1. The van der Waals surface area contributed by atoms with Crippen LogP contribution in [0.4, 0.5) is 16.2 Å². The first-order valence-corrected chi connectivity index (χ1v) is 22.1. The van der Waals surface area contributed by atoms with Gasteiger partial charge in [0.05, 0.1) is 11.2 Å². The van der Waals surface area contributed by atoms with Gasteiger partial charge < -0.3 is 35.3 Å². The molecular weight excluding hydrogens is 805 g/mol. The summed E-state index contributed by atoms with van der Waals surface area (Å²) >= 11 is 0. The van der Waals surface area contributed by atoms with E-state index in [1.165, 1.54) is 11.6 Å². The van der Waals surface area contributed by atoms with Crippen LogP contribution in [0.15, 0.2) is 126 Å². The van der Waals surface area contributed by atoms with Crippen LogP contribution in [0.2, 0.25) is 0 Å². The number of pyridine rings is 1. The molecule has 1 fully saturated rings. The number of nitrogens with zero attached hydrogens (tertiary/aromatic N) is 2. The SMILES string of the molecule is Cc1ccc(C(=O)NCc2ccc(CC(C)NC[C@H](C)c3ccc(O)c4[nH]c(=O)ccc34)cc2)cc1N(C)C(=O)CCN1CCC(OC(=O)Nc2ccccc2-c2ccccc2)CC1. The predicted molar refractivity (Wildman–Crippen MR) is 254 cm³/mol. The quantitative estimate of drug-likeness (QED) is 0.0649. The molecule has 0 saturated carbocycles. The zero-order valence-corrected chi connectivity index (χ0v) is 37.0. The summed E-state index contributed by atoms with van der Waals surface area (Å²) in [6.07, 6.45) is 1.83. The van der Waals surface area contributed by atoms with Crippen LogP contribution in [0.25, 0.3) is 22.0 Å². The van der Waals surface area contributed by atoms with Gasteiger partial charge in [-0.25, -0.2) is 4.79 Å². The summed E-state index contributed by atoms with van der Waals surface area (Å²) in [7, 11) is 1.75. The van der Waals surface area contributed by atoms with E-state index in [0.717, 1.165) is 59.3 Å². The van der Waals surface area contributed by atoms with Crippen LogP contribution >= 0.6 is 0 Å². The van der Waals surface area contributed by atoms with E-state index in [-0.39, 0.29) is 41.2 Å². The van der Waals surface area contributed by atoms with Crippen LogP contribution in [0.1, 0.15) is 71.6 Å². The van der Waals surface area contributed by atoms with Crippen LogP contribution in [0.3, 0.4) is 0 Å². The number of nitrogens with one attached hydrogen (secondary N) is 4. The Morgan fingerprint density at radius 2 is 1.59 bits per heavy atom. The second kappa shape index (κ2) is 21.1. The van der Waals surface area contributed by atoms with Gasteiger partial charge in [0.25, 0.3) is 5.91 Å². The maximum Gasteiger partial charge on any atom is 0.411 e. The molecule has 5 aromatic carbocycles. The van der Waals surface area contributed by atoms with E-state index in [2.05, 4.69) is 51.8 Å². The number of carbonyl (C=O) groups excluding carboxylic acids is 3. The minimum absolute atomic E-state index is 0.0424. The Morgan fingerprint density at radius 1 is 0.875 bits per heavy atom. The molecule has 1 aliphatic rings. The monoisotopic (exact) mass is 862 g/mol. The minimum atomic E-state index is -0.471. The zero-order chi connectivity index (χ0) is 45.2. The number of phenolic OH excluding ortho intramolecular Hbond substituents is 1. The van der Waals surface area contributed by atoms with E-state index in [0.29, 0.717) is 54.8 Å². The van der Waals surface area contributed by atoms with Gasteiger partial charge in [0.2, 0.25) is 11.5 Å². The highest BCUT2D eigenvalue weighted by Crippen LogP contribution is 2.30. The third-order valence-electron chi connectivity index (χ3n) is 12.1. The molecule has 0 radical (unpaired) electrons. The lowest BCUT2D eigenvalue weighted by Crippen LogP contribution is -2.40. The van der Waals surface area contributed by atoms with Gasteiger partial charge in [0, 0.05) is 80.5 Å². The first-order valence-electron chi connectivity index (χ1n) is 22.1. The van der Waals surface area contributed by atoms with Crippen LogP contribution in [-0.2, 0) is 22.5 Å². The lowest BCUT2D eigenvalue weighted by atomic mass is 9.95. The Hall–Kier alpha value is -6.76. The largest absolute Gasteiger partial charge is 0.506 e. The number of carbonyl (C=O) groups is 3. The van der Waals surface area contributed by atoms with E-state index in [4.69, 9.17) is 4.74 Å². The van der Waals surface area contributed by atoms with Crippen molar-refractivity contribution in [2.75, 3.05) is 43.4 Å². The van der Waals surface area contributed by atoms with Crippen molar-refractivity contribution < 1.29 is 24.2 Å². The molecule has 2 atom stereocenters. The number of aryl methyl sites for hydroxylation is 1. The van der Waals surface area contributed by atoms with Gasteiger partial charge in [-0.3, -0.25) is 19.7 Å². The van der Waals surface area contributed by atoms with Gasteiger partial charge in [-0.2, -0.15) is 0 Å². The number of fused-ring (bicyclic) bond motifs is 1. The molecule has 6 aromatic rings. The van der Waals surface area contributed by atoms with Crippen molar-refractivity contribution in [3.8, 4) is 16.9 Å². The van der Waals surface area contributed by atoms with Gasteiger partial charge in [0.1, 0.15) is 11.9 Å². The summed E-state index contributed by atoms with van der Waals surface area (Å²) in [6, 6.07) is 38.2. The number of ether oxygens (including phenoxy) is 1. The second-order valence-electron chi connectivity index (χ2n) is 16.9. The predicted octanol–water partition coefficient (Wildman–Crippen LogP) is 8.53. The maximum atomic E-state index is 13.4. The second-order valence-corrected chi connectivity index (χ2v) is 16.9. The number of rotatable bonds is 16. The van der Waals surface area contributed by atoms with Crippen LogP contribution in [0.5, 0.6) is 5.75 Å². The normalized spacial score (nSPS) is 14.1. The van der Waals surface area contributed by atoms with E-state index in [9.17, 15) is 24.3 Å². The number of phenols is 1. The highest BCUT2D eigenvalue weighted by Gasteiger charge is 2.24. The average Bonchev–Trinajstić information content (AvgIpc) is 3.30. The first-order chi connectivity index (χ1) is 30.9. The molecular formula is C52H58N6O6. The Bertz CT molecular complexity index is 2620. The fourth-order valence-electron chi connectivity index (χ4n) is 8.35. The number of anilines is 2. The average molecular weight is 863 g/mol. The van der Waals surface area contributed by atoms with Crippen molar-refractivity contribution in [2.24, 2.45) is 0 Å². The van der Waals surface area contributed by atoms with Gasteiger partial charge in [-0.05, 0) is 97.2 Å². The lowest BCUT2D eigenvalue weighted by molar-refractivity contribution is -0.118. The Balaban J connectivity index is 0.825. The molecule has 0 spiro atoms. The molecule has 332 valence electrons.